The number of ketones is 1. The molecule has 3 heterocycles. The zero-order valence-electron chi connectivity index (χ0n) is 30.2. The number of piperidine rings is 2. The standard InChI is InChI=1S/C37H53N7O7/c1-21(42-22(2)45)28(46)19-24(8-7-15-40-35(38)39)34(47)41-20-25-9-5-6-16-44(25)36(48)50-30-13-11-26-27-18-23-10-12-29(49-4)32-31(23)37(26,33(30)51-32)14-17-43(27)3/h10,12-13,21,24-27,33H,5-9,11,14-20H2,1-4H3,(H,41,47)(H,42,45)(H4,38,39,40)/t21-,24+,25+,26?,27+,33+,37-/m0/s1. The van der Waals surface area contributed by atoms with Crippen LogP contribution in [-0.2, 0) is 31.0 Å². The summed E-state index contributed by atoms with van der Waals surface area (Å²) >= 11 is 0. The molecule has 1 aromatic carbocycles. The van der Waals surface area contributed by atoms with Gasteiger partial charge in [0, 0.05) is 55.9 Å². The smallest absolute Gasteiger partial charge is 0.415 e. The zero-order valence-corrected chi connectivity index (χ0v) is 30.2. The van der Waals surface area contributed by atoms with Gasteiger partial charge in [0.15, 0.2) is 29.3 Å². The number of likely N-dealkylation sites (tertiary alicyclic amines) is 2. The second-order valence-corrected chi connectivity index (χ2v) is 14.8. The maximum Gasteiger partial charge on any atom is 0.415 e. The van der Waals surface area contributed by atoms with Crippen LogP contribution in [-0.4, -0.2) is 104 Å². The summed E-state index contributed by atoms with van der Waals surface area (Å²) in [5.74, 6) is 0.811. The van der Waals surface area contributed by atoms with E-state index in [1.165, 1.54) is 18.1 Å². The first-order valence-corrected chi connectivity index (χ1v) is 18.3. The average Bonchev–Trinajstić information content (AvgIpc) is 3.46. The summed E-state index contributed by atoms with van der Waals surface area (Å²) in [6, 6.07) is 3.52. The van der Waals surface area contributed by atoms with E-state index in [-0.39, 0.29) is 48.0 Å². The lowest BCUT2D eigenvalue weighted by Gasteiger charge is -2.56. The molecular weight excluding hydrogens is 654 g/mol. The third-order valence-electron chi connectivity index (χ3n) is 11.7. The van der Waals surface area contributed by atoms with Gasteiger partial charge in [0.2, 0.25) is 11.8 Å². The molecule has 14 heteroatoms. The minimum Gasteiger partial charge on any atom is -0.493 e. The van der Waals surface area contributed by atoms with Crippen molar-refractivity contribution in [1.29, 1.82) is 0 Å². The van der Waals surface area contributed by atoms with Gasteiger partial charge in [-0.15, -0.1) is 0 Å². The van der Waals surface area contributed by atoms with Gasteiger partial charge in [0.1, 0.15) is 5.76 Å². The molecule has 3 amide bonds. The zero-order chi connectivity index (χ0) is 36.4. The summed E-state index contributed by atoms with van der Waals surface area (Å²) in [6.07, 6.45) is 7.07. The summed E-state index contributed by atoms with van der Waals surface area (Å²) in [7, 11) is 3.86. The Balaban J connectivity index is 1.14. The van der Waals surface area contributed by atoms with Gasteiger partial charge >= 0.3 is 6.09 Å². The number of amides is 3. The summed E-state index contributed by atoms with van der Waals surface area (Å²) < 4.78 is 18.8. The van der Waals surface area contributed by atoms with Gasteiger partial charge in [-0.25, -0.2) is 4.79 Å². The molecule has 1 spiro atoms. The number of guanidine groups is 1. The quantitative estimate of drug-likeness (QED) is 0.134. The average molecular weight is 708 g/mol. The van der Waals surface area contributed by atoms with Crippen molar-refractivity contribution in [2.45, 2.75) is 101 Å². The van der Waals surface area contributed by atoms with Crippen LogP contribution in [0.3, 0.4) is 0 Å². The molecule has 2 aliphatic carbocycles. The maximum atomic E-state index is 14.0. The van der Waals surface area contributed by atoms with Crippen molar-refractivity contribution in [3.8, 4) is 11.5 Å². The van der Waals surface area contributed by atoms with Gasteiger partial charge in [-0.05, 0) is 95.5 Å². The minimum absolute atomic E-state index is 0.0399. The molecule has 7 atom stereocenters. The van der Waals surface area contributed by atoms with E-state index in [9.17, 15) is 19.2 Å². The van der Waals surface area contributed by atoms with Crippen LogP contribution in [0.25, 0.3) is 0 Å². The van der Waals surface area contributed by atoms with Crippen molar-refractivity contribution in [3.05, 3.63) is 35.1 Å². The summed E-state index contributed by atoms with van der Waals surface area (Å²) in [6.45, 7) is 4.93. The number of likely N-dealkylation sites (N-methyl/N-ethyl adjacent to an activating group) is 1. The number of allylic oxidation sites excluding steroid dienone is 1. The molecule has 5 aliphatic rings. The van der Waals surface area contributed by atoms with Gasteiger partial charge in [0.05, 0.1) is 19.2 Å². The molecular formula is C37H53N7O7. The highest BCUT2D eigenvalue weighted by atomic mass is 16.6. The highest BCUT2D eigenvalue weighted by Crippen LogP contribution is 2.63. The van der Waals surface area contributed by atoms with E-state index in [2.05, 4.69) is 33.6 Å². The largest absolute Gasteiger partial charge is 0.493 e. The number of rotatable bonds is 13. The Morgan fingerprint density at radius 2 is 1.98 bits per heavy atom. The minimum atomic E-state index is -0.721. The highest BCUT2D eigenvalue weighted by molar-refractivity contribution is 5.91. The maximum absolute atomic E-state index is 14.0. The van der Waals surface area contributed by atoms with E-state index < -0.39 is 24.2 Å². The fourth-order valence-corrected chi connectivity index (χ4v) is 9.22. The van der Waals surface area contributed by atoms with Gasteiger partial charge in [0.25, 0.3) is 0 Å². The van der Waals surface area contributed by atoms with Crippen LogP contribution in [0, 0.1) is 11.8 Å². The second-order valence-electron chi connectivity index (χ2n) is 14.8. The van der Waals surface area contributed by atoms with Crippen molar-refractivity contribution >= 4 is 29.7 Å². The van der Waals surface area contributed by atoms with Crippen molar-refractivity contribution < 1.29 is 33.4 Å². The molecule has 2 bridgehead atoms. The number of Topliss-reactive ketones (excluding diaryl/α,β-unsaturated/α-hetero) is 1. The molecule has 6 N–H and O–H groups in total. The van der Waals surface area contributed by atoms with E-state index in [4.69, 9.17) is 25.7 Å². The molecule has 2 fully saturated rings. The fourth-order valence-electron chi connectivity index (χ4n) is 9.22. The second kappa shape index (κ2) is 15.1. The number of carbonyl (C=O) groups excluding carboxylic acids is 4. The number of hydrogen-bond acceptors (Lipinski definition) is 9. The number of nitrogens with zero attached hydrogens (tertiary/aromatic N) is 3. The molecule has 0 radical (unpaired) electrons. The number of benzene rings is 1. The Bertz CT molecular complexity index is 1590. The van der Waals surface area contributed by atoms with E-state index >= 15 is 0 Å². The van der Waals surface area contributed by atoms with E-state index in [1.54, 1.807) is 18.9 Å². The fraction of sp³-hybridized carbons (Fsp3) is 0.649. The van der Waals surface area contributed by atoms with Crippen LogP contribution in [0.5, 0.6) is 11.5 Å². The highest BCUT2D eigenvalue weighted by Gasteiger charge is 2.65. The van der Waals surface area contributed by atoms with Crippen LogP contribution in [0.1, 0.15) is 76.3 Å². The molecule has 6 rings (SSSR count). The normalized spacial score (nSPS) is 27.1. The number of nitrogens with two attached hydrogens (primary N) is 2. The first-order valence-electron chi connectivity index (χ1n) is 18.3. The van der Waals surface area contributed by atoms with E-state index in [0.717, 1.165) is 44.4 Å². The predicted octanol–water partition coefficient (Wildman–Crippen LogP) is 2.12. The Hall–Kier alpha value is -4.33. The molecule has 0 saturated carbocycles. The molecule has 0 aromatic heterocycles. The molecule has 1 unspecified atom stereocenters. The Kier molecular flexibility index (Phi) is 10.8. The van der Waals surface area contributed by atoms with Crippen LogP contribution in [0.2, 0.25) is 0 Å². The molecule has 3 aliphatic heterocycles. The number of aliphatic imine (C=N–C) groups is 1. The number of carbonyl (C=O) groups is 4. The predicted molar refractivity (Wildman–Crippen MR) is 190 cm³/mol. The van der Waals surface area contributed by atoms with Gasteiger partial charge in [-0.3, -0.25) is 19.4 Å². The SMILES string of the molecule is COc1ccc2c3c1O[C@@H]1C(OC(=O)N4CCCC[C@@H]4CNC(=O)[C@H](CCCN=C(N)N)CC(=O)[C@H](C)NC(C)=O)=CCC4[C@@H](C2)N(C)CC[C@@]341. The topological polar surface area (TPSA) is 191 Å². The van der Waals surface area contributed by atoms with Crippen LogP contribution in [0.4, 0.5) is 4.79 Å². The van der Waals surface area contributed by atoms with Crippen molar-refractivity contribution in [3.63, 3.8) is 0 Å². The molecule has 14 nitrogen and oxygen atoms in total. The lowest BCUT2D eigenvalue weighted by atomic mass is 9.53. The number of methoxy groups -OCH3 is 1. The lowest BCUT2D eigenvalue weighted by Crippen LogP contribution is -2.63. The van der Waals surface area contributed by atoms with E-state index in [0.29, 0.717) is 55.8 Å². The van der Waals surface area contributed by atoms with Crippen molar-refractivity contribution in [1.82, 2.24) is 20.4 Å². The Morgan fingerprint density at radius 1 is 1.18 bits per heavy atom. The van der Waals surface area contributed by atoms with Crippen LogP contribution >= 0.6 is 0 Å². The summed E-state index contributed by atoms with van der Waals surface area (Å²) in [5, 5.41) is 5.61. The lowest BCUT2D eigenvalue weighted by molar-refractivity contribution is -0.131. The van der Waals surface area contributed by atoms with Gasteiger partial charge < -0.3 is 46.1 Å². The first-order chi connectivity index (χ1) is 24.4. The number of nitrogens with one attached hydrogen (secondary N) is 2. The monoisotopic (exact) mass is 707 g/mol. The first kappa shape index (κ1) is 36.5. The van der Waals surface area contributed by atoms with Gasteiger partial charge in [-0.2, -0.15) is 0 Å². The molecule has 2 saturated heterocycles. The number of hydrogen-bond donors (Lipinski definition) is 4. The van der Waals surface area contributed by atoms with E-state index in [1.807, 2.05) is 12.1 Å². The third-order valence-corrected chi connectivity index (χ3v) is 11.7. The van der Waals surface area contributed by atoms with Crippen molar-refractivity contribution in [2.24, 2.45) is 28.3 Å². The molecule has 1 aromatic rings. The molecule has 51 heavy (non-hydrogen) atoms. The summed E-state index contributed by atoms with van der Waals surface area (Å²) in [5.41, 5.74) is 13.1. The van der Waals surface area contributed by atoms with Crippen molar-refractivity contribution in [2.75, 3.05) is 40.3 Å². The number of ether oxygens (including phenoxy) is 3. The van der Waals surface area contributed by atoms with Crippen LogP contribution < -0.4 is 31.6 Å². The summed E-state index contributed by atoms with van der Waals surface area (Å²) in [4.78, 5) is 60.2. The Labute approximate surface area is 299 Å². The van der Waals surface area contributed by atoms with Crippen LogP contribution in [0.15, 0.2) is 29.0 Å². The third kappa shape index (κ3) is 7.11. The molecule has 278 valence electrons. The Morgan fingerprint density at radius 3 is 2.73 bits per heavy atom. The van der Waals surface area contributed by atoms with Gasteiger partial charge in [-0.1, -0.05) is 6.07 Å².